The van der Waals surface area contributed by atoms with E-state index < -0.39 is 0 Å². The summed E-state index contributed by atoms with van der Waals surface area (Å²) in [6, 6.07) is 8.70. The minimum Gasteiger partial charge on any atom is -0.367 e. The fourth-order valence-corrected chi connectivity index (χ4v) is 2.44. The van der Waals surface area contributed by atoms with Gasteiger partial charge in [0.25, 0.3) is 0 Å². The summed E-state index contributed by atoms with van der Waals surface area (Å²) >= 11 is 0. The first-order valence-corrected chi connectivity index (χ1v) is 6.02. The Labute approximate surface area is 97.8 Å². The van der Waals surface area contributed by atoms with E-state index in [1.165, 1.54) is 11.3 Å². The summed E-state index contributed by atoms with van der Waals surface area (Å²) in [4.78, 5) is 2.44. The van der Waals surface area contributed by atoms with E-state index in [0.717, 1.165) is 26.1 Å². The van der Waals surface area contributed by atoms with E-state index in [4.69, 9.17) is 5.73 Å². The zero-order valence-electron chi connectivity index (χ0n) is 9.89. The van der Waals surface area contributed by atoms with E-state index in [1.807, 2.05) is 0 Å². The molecule has 0 fully saturated rings. The number of nitrogens with zero attached hydrogens (tertiary/aromatic N) is 1. The second-order valence-electron chi connectivity index (χ2n) is 4.31. The van der Waals surface area contributed by atoms with Gasteiger partial charge in [0.1, 0.15) is 0 Å². The van der Waals surface area contributed by atoms with Gasteiger partial charge in [-0.25, -0.2) is 0 Å². The van der Waals surface area contributed by atoms with Gasteiger partial charge in [-0.2, -0.15) is 0 Å². The van der Waals surface area contributed by atoms with Crippen molar-refractivity contribution in [2.24, 2.45) is 5.73 Å². The number of benzene rings is 1. The molecule has 1 aliphatic rings. The number of para-hydroxylation sites is 1. The summed E-state index contributed by atoms with van der Waals surface area (Å²) in [7, 11) is 0. The second-order valence-corrected chi connectivity index (χ2v) is 4.31. The summed E-state index contributed by atoms with van der Waals surface area (Å²) in [5.74, 6) is 0.617. The van der Waals surface area contributed by atoms with Crippen LogP contribution in [0.3, 0.4) is 0 Å². The Morgan fingerprint density at radius 1 is 1.44 bits per heavy atom. The predicted molar refractivity (Wildman–Crippen MR) is 69.9 cm³/mol. The molecule has 2 rings (SSSR count). The van der Waals surface area contributed by atoms with Gasteiger partial charge in [-0.1, -0.05) is 30.4 Å². The zero-order chi connectivity index (χ0) is 11.4. The molecule has 0 saturated carbocycles. The third-order valence-corrected chi connectivity index (χ3v) is 3.23. The van der Waals surface area contributed by atoms with Gasteiger partial charge in [0.05, 0.1) is 0 Å². The van der Waals surface area contributed by atoms with Crippen LogP contribution in [0, 0.1) is 0 Å². The van der Waals surface area contributed by atoms with Crippen molar-refractivity contribution in [3.8, 4) is 0 Å². The fraction of sp³-hybridized carbons (Fsp3) is 0.429. The van der Waals surface area contributed by atoms with Crippen LogP contribution >= 0.6 is 0 Å². The van der Waals surface area contributed by atoms with Crippen molar-refractivity contribution in [3.05, 3.63) is 42.0 Å². The molecule has 1 aromatic rings. The lowest BCUT2D eigenvalue weighted by atomic mass is 9.98. The molecular weight excluding hydrogens is 196 g/mol. The minimum atomic E-state index is 0.617. The second kappa shape index (κ2) is 5.17. The topological polar surface area (TPSA) is 29.3 Å². The molecule has 1 aromatic carbocycles. The van der Waals surface area contributed by atoms with E-state index in [0.29, 0.717) is 5.92 Å². The highest BCUT2D eigenvalue weighted by Crippen LogP contribution is 2.37. The average Bonchev–Trinajstić information content (AvgIpc) is 2.66. The molecule has 86 valence electrons. The lowest BCUT2D eigenvalue weighted by Crippen LogP contribution is -2.22. The van der Waals surface area contributed by atoms with Gasteiger partial charge in [-0.15, -0.1) is 0 Å². The smallest absolute Gasteiger partial charge is 0.0405 e. The Kier molecular flexibility index (Phi) is 3.62. The van der Waals surface area contributed by atoms with Crippen molar-refractivity contribution in [2.75, 3.05) is 24.5 Å². The monoisotopic (exact) mass is 216 g/mol. The summed E-state index contributed by atoms with van der Waals surface area (Å²) in [5, 5.41) is 0. The zero-order valence-corrected chi connectivity index (χ0v) is 9.89. The first-order chi connectivity index (χ1) is 7.86. The number of anilines is 1. The standard InChI is InChI=1S/C14H20N2/c1-2-3-10-16-11-12(8-9-15)13-6-4-5-7-14(13)16/h2-7,12H,8-11,15H2,1H3. The third-order valence-electron chi connectivity index (χ3n) is 3.23. The minimum absolute atomic E-state index is 0.617. The Hall–Kier alpha value is -1.28. The summed E-state index contributed by atoms with van der Waals surface area (Å²) in [6.07, 6.45) is 5.41. The average molecular weight is 216 g/mol. The summed E-state index contributed by atoms with van der Waals surface area (Å²) < 4.78 is 0. The SMILES string of the molecule is CC=CCN1CC(CCN)c2ccccc21. The number of fused-ring (bicyclic) bond motifs is 1. The molecule has 0 radical (unpaired) electrons. The molecule has 1 aliphatic heterocycles. The molecule has 0 spiro atoms. The molecule has 0 aliphatic carbocycles. The molecule has 0 aromatic heterocycles. The van der Waals surface area contributed by atoms with Crippen molar-refractivity contribution in [1.29, 1.82) is 0 Å². The highest BCUT2D eigenvalue weighted by atomic mass is 15.1. The lowest BCUT2D eigenvalue weighted by molar-refractivity contribution is 0.655. The van der Waals surface area contributed by atoms with E-state index in [-0.39, 0.29) is 0 Å². The van der Waals surface area contributed by atoms with Crippen molar-refractivity contribution in [3.63, 3.8) is 0 Å². The normalized spacial score (nSPS) is 19.4. The first-order valence-electron chi connectivity index (χ1n) is 6.02. The van der Waals surface area contributed by atoms with Gasteiger partial charge in [-0.05, 0) is 31.5 Å². The van der Waals surface area contributed by atoms with Gasteiger partial charge < -0.3 is 10.6 Å². The van der Waals surface area contributed by atoms with Crippen LogP contribution in [0.15, 0.2) is 36.4 Å². The van der Waals surface area contributed by atoms with Gasteiger partial charge in [0.2, 0.25) is 0 Å². The van der Waals surface area contributed by atoms with Gasteiger partial charge in [-0.3, -0.25) is 0 Å². The third kappa shape index (κ3) is 2.12. The number of hydrogen-bond acceptors (Lipinski definition) is 2. The molecule has 16 heavy (non-hydrogen) atoms. The van der Waals surface area contributed by atoms with Crippen molar-refractivity contribution < 1.29 is 0 Å². The predicted octanol–water partition coefficient (Wildman–Crippen LogP) is 2.52. The fourth-order valence-electron chi connectivity index (χ4n) is 2.44. The van der Waals surface area contributed by atoms with E-state index in [1.54, 1.807) is 0 Å². The van der Waals surface area contributed by atoms with Gasteiger partial charge >= 0.3 is 0 Å². The maximum atomic E-state index is 5.68. The van der Waals surface area contributed by atoms with Crippen molar-refractivity contribution in [2.45, 2.75) is 19.3 Å². The maximum absolute atomic E-state index is 5.68. The largest absolute Gasteiger partial charge is 0.367 e. The quantitative estimate of drug-likeness (QED) is 0.784. The Balaban J connectivity index is 2.20. The highest BCUT2D eigenvalue weighted by molar-refractivity contribution is 5.60. The van der Waals surface area contributed by atoms with Crippen molar-refractivity contribution in [1.82, 2.24) is 0 Å². The Morgan fingerprint density at radius 2 is 2.25 bits per heavy atom. The molecule has 0 amide bonds. The maximum Gasteiger partial charge on any atom is 0.0405 e. The van der Waals surface area contributed by atoms with Crippen LogP contribution in [0.1, 0.15) is 24.8 Å². The molecule has 2 heteroatoms. The van der Waals surface area contributed by atoms with E-state index >= 15 is 0 Å². The van der Waals surface area contributed by atoms with Crippen LogP contribution in [0.4, 0.5) is 5.69 Å². The molecule has 2 nitrogen and oxygen atoms in total. The lowest BCUT2D eigenvalue weighted by Gasteiger charge is -2.17. The number of rotatable bonds is 4. The van der Waals surface area contributed by atoms with Crippen LogP contribution in [-0.2, 0) is 0 Å². The molecule has 1 unspecified atom stereocenters. The molecular formula is C14H20N2. The molecule has 0 saturated heterocycles. The van der Waals surface area contributed by atoms with Crippen LogP contribution in [0.2, 0.25) is 0 Å². The van der Waals surface area contributed by atoms with E-state index in [9.17, 15) is 0 Å². The molecule has 1 atom stereocenters. The number of nitrogens with two attached hydrogens (primary N) is 1. The van der Waals surface area contributed by atoms with Crippen LogP contribution < -0.4 is 10.6 Å². The van der Waals surface area contributed by atoms with Crippen LogP contribution in [-0.4, -0.2) is 19.6 Å². The van der Waals surface area contributed by atoms with Crippen molar-refractivity contribution >= 4 is 5.69 Å². The van der Waals surface area contributed by atoms with Gasteiger partial charge in [0.15, 0.2) is 0 Å². The first kappa shape index (κ1) is 11.2. The van der Waals surface area contributed by atoms with Crippen LogP contribution in [0.5, 0.6) is 0 Å². The van der Waals surface area contributed by atoms with Gasteiger partial charge in [0, 0.05) is 24.7 Å². The summed E-state index contributed by atoms with van der Waals surface area (Å²) in [5.41, 5.74) is 8.54. The highest BCUT2D eigenvalue weighted by Gasteiger charge is 2.26. The molecule has 2 N–H and O–H groups in total. The van der Waals surface area contributed by atoms with Crippen LogP contribution in [0.25, 0.3) is 0 Å². The summed E-state index contributed by atoms with van der Waals surface area (Å²) in [6.45, 7) is 4.96. The number of allylic oxidation sites excluding steroid dienone is 1. The van der Waals surface area contributed by atoms with E-state index in [2.05, 4.69) is 48.2 Å². The molecule has 0 bridgehead atoms. The Bertz CT molecular complexity index is 371. The molecule has 1 heterocycles. The number of hydrogen-bond donors (Lipinski definition) is 1. The Morgan fingerprint density at radius 3 is 3.00 bits per heavy atom.